The van der Waals surface area contributed by atoms with Gasteiger partial charge in [-0.2, -0.15) is 0 Å². The van der Waals surface area contributed by atoms with E-state index in [1.165, 1.54) is 12.8 Å². The van der Waals surface area contributed by atoms with Crippen LogP contribution in [-0.4, -0.2) is 13.2 Å². The lowest BCUT2D eigenvalue weighted by atomic mass is 9.98. The van der Waals surface area contributed by atoms with E-state index in [1.807, 2.05) is 0 Å². The van der Waals surface area contributed by atoms with E-state index in [0.29, 0.717) is 5.92 Å². The van der Waals surface area contributed by atoms with Gasteiger partial charge in [0.25, 0.3) is 0 Å². The molecule has 0 aromatic rings. The quantitative estimate of drug-likeness (QED) is 0.481. The molecule has 2 aliphatic rings. The van der Waals surface area contributed by atoms with Crippen molar-refractivity contribution in [1.82, 2.24) is 0 Å². The summed E-state index contributed by atoms with van der Waals surface area (Å²) in [6.07, 6.45) is 7.03. The predicted octanol–water partition coefficient (Wildman–Crippen LogP) is 2.30. The third-order valence-corrected chi connectivity index (χ3v) is 2.61. The SMILES string of the molecule is CC1=C2COC[C@H]2C=CCC1. The number of ether oxygens (including phenoxy) is 1. The van der Waals surface area contributed by atoms with Crippen molar-refractivity contribution < 1.29 is 4.74 Å². The minimum Gasteiger partial charge on any atom is -0.376 e. The van der Waals surface area contributed by atoms with Gasteiger partial charge in [-0.05, 0) is 25.3 Å². The molecule has 0 spiro atoms. The molecule has 1 aliphatic heterocycles. The van der Waals surface area contributed by atoms with Crippen molar-refractivity contribution in [2.75, 3.05) is 13.2 Å². The van der Waals surface area contributed by atoms with Gasteiger partial charge in [0.15, 0.2) is 0 Å². The van der Waals surface area contributed by atoms with E-state index < -0.39 is 0 Å². The van der Waals surface area contributed by atoms with Gasteiger partial charge < -0.3 is 4.74 Å². The monoisotopic (exact) mass is 150 g/mol. The summed E-state index contributed by atoms with van der Waals surface area (Å²) in [5.74, 6) is 0.609. The summed E-state index contributed by atoms with van der Waals surface area (Å²) in [6, 6.07) is 0. The fourth-order valence-electron chi connectivity index (χ4n) is 1.84. The summed E-state index contributed by atoms with van der Waals surface area (Å²) in [5, 5.41) is 0. The van der Waals surface area contributed by atoms with Crippen molar-refractivity contribution in [3.8, 4) is 0 Å². The Balaban J connectivity index is 2.30. The fourth-order valence-corrected chi connectivity index (χ4v) is 1.84. The molecule has 1 saturated heterocycles. The zero-order valence-corrected chi connectivity index (χ0v) is 6.97. The Kier molecular flexibility index (Phi) is 1.82. The van der Waals surface area contributed by atoms with Gasteiger partial charge in [-0.3, -0.25) is 0 Å². The number of rotatable bonds is 0. The van der Waals surface area contributed by atoms with Crippen molar-refractivity contribution in [2.45, 2.75) is 19.8 Å². The molecule has 1 nitrogen and oxygen atoms in total. The molecule has 0 radical (unpaired) electrons. The molecular formula is C10H14O. The summed E-state index contributed by atoms with van der Waals surface area (Å²) in [7, 11) is 0. The van der Waals surface area contributed by atoms with Gasteiger partial charge in [-0.25, -0.2) is 0 Å². The highest BCUT2D eigenvalue weighted by molar-refractivity contribution is 5.25. The molecule has 1 heteroatoms. The lowest BCUT2D eigenvalue weighted by Gasteiger charge is -2.04. The molecule has 1 atom stereocenters. The molecule has 0 unspecified atom stereocenters. The average molecular weight is 150 g/mol. The maximum Gasteiger partial charge on any atom is 0.0686 e. The zero-order chi connectivity index (χ0) is 7.68. The van der Waals surface area contributed by atoms with E-state index in [4.69, 9.17) is 4.74 Å². The van der Waals surface area contributed by atoms with Crippen LogP contribution < -0.4 is 0 Å². The third kappa shape index (κ3) is 1.25. The minimum absolute atomic E-state index is 0.609. The molecule has 60 valence electrons. The fraction of sp³-hybridized carbons (Fsp3) is 0.600. The normalized spacial score (nSPS) is 30.5. The predicted molar refractivity (Wildman–Crippen MR) is 45.4 cm³/mol. The highest BCUT2D eigenvalue weighted by Crippen LogP contribution is 2.28. The van der Waals surface area contributed by atoms with Crippen LogP contribution in [0.15, 0.2) is 23.3 Å². The Morgan fingerprint density at radius 1 is 1.55 bits per heavy atom. The summed E-state index contributed by atoms with van der Waals surface area (Å²) in [6.45, 7) is 4.02. The van der Waals surface area contributed by atoms with Crippen molar-refractivity contribution in [3.05, 3.63) is 23.3 Å². The van der Waals surface area contributed by atoms with E-state index >= 15 is 0 Å². The van der Waals surface area contributed by atoms with Crippen LogP contribution in [0.4, 0.5) is 0 Å². The second kappa shape index (κ2) is 2.82. The first-order valence-electron chi connectivity index (χ1n) is 4.31. The second-order valence-electron chi connectivity index (χ2n) is 3.39. The summed E-state index contributed by atoms with van der Waals surface area (Å²) in [5.41, 5.74) is 3.09. The van der Waals surface area contributed by atoms with Crippen LogP contribution in [0.1, 0.15) is 19.8 Å². The molecule has 0 amide bonds. The molecule has 1 fully saturated rings. The first-order chi connectivity index (χ1) is 5.38. The molecule has 1 heterocycles. The molecular weight excluding hydrogens is 136 g/mol. The van der Waals surface area contributed by atoms with Gasteiger partial charge in [0.2, 0.25) is 0 Å². The Morgan fingerprint density at radius 2 is 2.45 bits per heavy atom. The Morgan fingerprint density at radius 3 is 3.36 bits per heavy atom. The van der Waals surface area contributed by atoms with Crippen LogP contribution in [-0.2, 0) is 4.74 Å². The van der Waals surface area contributed by atoms with E-state index in [-0.39, 0.29) is 0 Å². The topological polar surface area (TPSA) is 9.23 Å². The molecule has 0 N–H and O–H groups in total. The summed E-state index contributed by atoms with van der Waals surface area (Å²) < 4.78 is 5.41. The molecule has 2 rings (SSSR count). The Hall–Kier alpha value is -0.560. The van der Waals surface area contributed by atoms with E-state index in [9.17, 15) is 0 Å². The summed E-state index contributed by atoms with van der Waals surface area (Å²) >= 11 is 0. The summed E-state index contributed by atoms with van der Waals surface area (Å²) in [4.78, 5) is 0. The van der Waals surface area contributed by atoms with Crippen molar-refractivity contribution in [3.63, 3.8) is 0 Å². The van der Waals surface area contributed by atoms with Crippen LogP contribution in [0.25, 0.3) is 0 Å². The minimum atomic E-state index is 0.609. The molecule has 0 aromatic carbocycles. The van der Waals surface area contributed by atoms with Gasteiger partial charge in [0.05, 0.1) is 13.2 Å². The Bertz CT molecular complexity index is 213. The van der Waals surface area contributed by atoms with Crippen LogP contribution in [0.2, 0.25) is 0 Å². The van der Waals surface area contributed by atoms with Crippen molar-refractivity contribution >= 4 is 0 Å². The maximum atomic E-state index is 5.41. The average Bonchev–Trinajstić information content (AvgIpc) is 2.40. The van der Waals surface area contributed by atoms with E-state index in [0.717, 1.165) is 13.2 Å². The first kappa shape index (κ1) is 7.11. The van der Waals surface area contributed by atoms with Crippen molar-refractivity contribution in [2.24, 2.45) is 5.92 Å². The highest BCUT2D eigenvalue weighted by Gasteiger charge is 2.21. The second-order valence-corrected chi connectivity index (χ2v) is 3.39. The molecule has 1 aliphatic carbocycles. The van der Waals surface area contributed by atoms with Crippen LogP contribution in [0, 0.1) is 5.92 Å². The van der Waals surface area contributed by atoms with Gasteiger partial charge >= 0.3 is 0 Å². The first-order valence-corrected chi connectivity index (χ1v) is 4.31. The lowest BCUT2D eigenvalue weighted by molar-refractivity contribution is 0.195. The molecule has 11 heavy (non-hydrogen) atoms. The smallest absolute Gasteiger partial charge is 0.0686 e. The number of fused-ring (bicyclic) bond motifs is 1. The van der Waals surface area contributed by atoms with Crippen molar-refractivity contribution in [1.29, 1.82) is 0 Å². The largest absolute Gasteiger partial charge is 0.376 e. The van der Waals surface area contributed by atoms with Crippen LogP contribution in [0.3, 0.4) is 0 Å². The third-order valence-electron chi connectivity index (χ3n) is 2.61. The highest BCUT2D eigenvalue weighted by atomic mass is 16.5. The molecule has 0 saturated carbocycles. The Labute approximate surface area is 67.7 Å². The van der Waals surface area contributed by atoms with Gasteiger partial charge in [0.1, 0.15) is 0 Å². The van der Waals surface area contributed by atoms with Gasteiger partial charge in [-0.1, -0.05) is 17.7 Å². The number of allylic oxidation sites excluding steroid dienone is 2. The van der Waals surface area contributed by atoms with E-state index in [1.54, 1.807) is 11.1 Å². The maximum absolute atomic E-state index is 5.41. The standard InChI is InChI=1S/C10H14O/c1-8-4-2-3-5-9-6-11-7-10(8)9/h3,5,9H,2,4,6-7H2,1H3/t9-/m1/s1. The van der Waals surface area contributed by atoms with Gasteiger partial charge in [0, 0.05) is 5.92 Å². The molecule has 0 aromatic heterocycles. The number of hydrogen-bond donors (Lipinski definition) is 0. The van der Waals surface area contributed by atoms with Crippen LogP contribution in [0.5, 0.6) is 0 Å². The van der Waals surface area contributed by atoms with Crippen LogP contribution >= 0.6 is 0 Å². The lowest BCUT2D eigenvalue weighted by Crippen LogP contribution is -1.98. The van der Waals surface area contributed by atoms with E-state index in [2.05, 4.69) is 19.1 Å². The number of hydrogen-bond acceptors (Lipinski definition) is 1. The molecule has 0 bridgehead atoms. The van der Waals surface area contributed by atoms with Gasteiger partial charge in [-0.15, -0.1) is 0 Å². The zero-order valence-electron chi connectivity index (χ0n) is 6.97.